The van der Waals surface area contributed by atoms with E-state index in [0.717, 1.165) is 29.2 Å². The van der Waals surface area contributed by atoms with E-state index in [9.17, 15) is 4.79 Å². The summed E-state index contributed by atoms with van der Waals surface area (Å²) in [6.45, 7) is 2.54. The molecule has 2 N–H and O–H groups in total. The van der Waals surface area contributed by atoms with Gasteiger partial charge >= 0.3 is 5.97 Å². The topological polar surface area (TPSA) is 61.5 Å². The number of rotatable bonds is 7. The number of esters is 1. The Bertz CT molecular complexity index is 486. The van der Waals surface area contributed by atoms with Crippen LogP contribution in [0.2, 0.25) is 0 Å². The maximum atomic E-state index is 11.4. The third-order valence-electron chi connectivity index (χ3n) is 3.56. The van der Waals surface area contributed by atoms with Gasteiger partial charge in [-0.05, 0) is 37.3 Å². The van der Waals surface area contributed by atoms with Crippen molar-refractivity contribution in [2.24, 2.45) is 5.41 Å². The van der Waals surface area contributed by atoms with Gasteiger partial charge in [0.05, 0.1) is 25.8 Å². The van der Waals surface area contributed by atoms with Gasteiger partial charge in [-0.25, -0.2) is 0 Å². The van der Waals surface area contributed by atoms with Gasteiger partial charge in [-0.15, -0.1) is 11.8 Å². The van der Waals surface area contributed by atoms with Crippen LogP contribution < -0.4 is 10.5 Å². The normalized spacial score (nSPS) is 15.7. The van der Waals surface area contributed by atoms with Gasteiger partial charge in [0, 0.05) is 10.6 Å². The Hall–Kier alpha value is -1.36. The minimum absolute atomic E-state index is 0.103. The van der Waals surface area contributed by atoms with Crippen molar-refractivity contribution in [1.82, 2.24) is 0 Å². The third-order valence-corrected chi connectivity index (χ3v) is 4.99. The van der Waals surface area contributed by atoms with Crippen molar-refractivity contribution in [3.05, 3.63) is 18.2 Å². The van der Waals surface area contributed by atoms with E-state index in [1.165, 1.54) is 7.11 Å². The maximum Gasteiger partial charge on any atom is 0.306 e. The lowest BCUT2D eigenvalue weighted by Crippen LogP contribution is -2.13. The molecule has 1 aromatic carbocycles. The first-order chi connectivity index (χ1) is 9.60. The fourth-order valence-corrected chi connectivity index (χ4v) is 3.37. The number of nitrogens with two attached hydrogens (primary N) is 1. The monoisotopic (exact) mass is 295 g/mol. The molecule has 0 amide bonds. The number of hydrogen-bond acceptors (Lipinski definition) is 5. The average Bonchev–Trinajstić information content (AvgIpc) is 3.20. The number of thioether (sulfide) groups is 1. The van der Waals surface area contributed by atoms with Crippen LogP contribution in [0.15, 0.2) is 23.1 Å². The van der Waals surface area contributed by atoms with E-state index in [1.807, 2.05) is 25.1 Å². The molecule has 0 atom stereocenters. The van der Waals surface area contributed by atoms with Crippen LogP contribution >= 0.6 is 11.8 Å². The highest BCUT2D eigenvalue weighted by Gasteiger charge is 2.44. The highest BCUT2D eigenvalue weighted by molar-refractivity contribution is 7.99. The van der Waals surface area contributed by atoms with Crippen LogP contribution in [0, 0.1) is 5.41 Å². The number of anilines is 1. The molecule has 0 unspecified atom stereocenters. The zero-order chi connectivity index (χ0) is 14.6. The first kappa shape index (κ1) is 15.0. The summed E-state index contributed by atoms with van der Waals surface area (Å²) >= 11 is 1.70. The van der Waals surface area contributed by atoms with Gasteiger partial charge in [-0.2, -0.15) is 0 Å². The predicted octanol–water partition coefficient (Wildman–Crippen LogP) is 3.10. The summed E-state index contributed by atoms with van der Waals surface area (Å²) in [7, 11) is 1.44. The summed E-state index contributed by atoms with van der Waals surface area (Å²) < 4.78 is 10.3. The molecule has 110 valence electrons. The van der Waals surface area contributed by atoms with Crippen LogP contribution in [-0.4, -0.2) is 25.4 Å². The molecule has 1 aliphatic rings. The zero-order valence-corrected chi connectivity index (χ0v) is 12.8. The van der Waals surface area contributed by atoms with Crippen LogP contribution in [-0.2, 0) is 9.53 Å². The average molecular weight is 295 g/mol. The second kappa shape index (κ2) is 6.39. The Kier molecular flexibility index (Phi) is 4.81. The molecule has 0 aliphatic heterocycles. The molecule has 0 spiro atoms. The number of nitrogen functional groups attached to an aromatic ring is 1. The van der Waals surface area contributed by atoms with Gasteiger partial charge < -0.3 is 15.2 Å². The van der Waals surface area contributed by atoms with E-state index in [0.29, 0.717) is 18.7 Å². The van der Waals surface area contributed by atoms with Crippen molar-refractivity contribution >= 4 is 23.4 Å². The van der Waals surface area contributed by atoms with Crippen LogP contribution in [0.1, 0.15) is 26.2 Å². The standard InChI is InChI=1S/C15H21NO3S/c1-3-19-11-5-4-6-12(14(11)16)20-10-15(7-8-15)9-13(17)18-2/h4-6H,3,7-10,16H2,1-2H3. The highest BCUT2D eigenvalue weighted by Crippen LogP contribution is 2.52. The van der Waals surface area contributed by atoms with Gasteiger partial charge in [-0.1, -0.05) is 6.07 Å². The molecule has 0 radical (unpaired) electrons. The molecule has 4 nitrogen and oxygen atoms in total. The molecule has 0 bridgehead atoms. The summed E-state index contributed by atoms with van der Waals surface area (Å²) in [6, 6.07) is 5.82. The molecular weight excluding hydrogens is 274 g/mol. The molecule has 1 aliphatic carbocycles. The number of hydrogen-bond donors (Lipinski definition) is 1. The lowest BCUT2D eigenvalue weighted by molar-refractivity contribution is -0.141. The Morgan fingerprint density at radius 3 is 2.80 bits per heavy atom. The largest absolute Gasteiger partial charge is 0.492 e. The van der Waals surface area contributed by atoms with Crippen molar-refractivity contribution in [3.63, 3.8) is 0 Å². The van der Waals surface area contributed by atoms with E-state index in [-0.39, 0.29) is 11.4 Å². The number of ether oxygens (including phenoxy) is 2. The molecule has 0 heterocycles. The number of methoxy groups -OCH3 is 1. The number of carbonyl (C=O) groups is 1. The number of benzene rings is 1. The molecular formula is C15H21NO3S. The smallest absolute Gasteiger partial charge is 0.306 e. The van der Waals surface area contributed by atoms with E-state index in [1.54, 1.807) is 11.8 Å². The summed E-state index contributed by atoms with van der Waals surface area (Å²) in [6.07, 6.45) is 2.67. The van der Waals surface area contributed by atoms with Crippen LogP contribution in [0.25, 0.3) is 0 Å². The van der Waals surface area contributed by atoms with Crippen LogP contribution in [0.5, 0.6) is 5.75 Å². The number of para-hydroxylation sites is 1. The quantitative estimate of drug-likeness (QED) is 0.476. The van der Waals surface area contributed by atoms with Gasteiger partial charge in [-0.3, -0.25) is 4.79 Å². The molecule has 2 rings (SSSR count). The lowest BCUT2D eigenvalue weighted by Gasteiger charge is -2.15. The van der Waals surface area contributed by atoms with Gasteiger partial charge in [0.25, 0.3) is 0 Å². The van der Waals surface area contributed by atoms with E-state index in [4.69, 9.17) is 15.2 Å². The molecule has 1 fully saturated rings. The Balaban J connectivity index is 1.97. The SMILES string of the molecule is CCOc1cccc(SCC2(CC(=O)OC)CC2)c1N. The second-order valence-electron chi connectivity index (χ2n) is 5.14. The van der Waals surface area contributed by atoms with Crippen molar-refractivity contribution in [1.29, 1.82) is 0 Å². The summed E-state index contributed by atoms with van der Waals surface area (Å²) in [5.41, 5.74) is 6.90. The summed E-state index contributed by atoms with van der Waals surface area (Å²) in [5, 5.41) is 0. The van der Waals surface area contributed by atoms with Crippen LogP contribution in [0.3, 0.4) is 0 Å². The zero-order valence-electron chi connectivity index (χ0n) is 12.0. The lowest BCUT2D eigenvalue weighted by atomic mass is 10.1. The van der Waals surface area contributed by atoms with E-state index < -0.39 is 0 Å². The second-order valence-corrected chi connectivity index (χ2v) is 6.16. The van der Waals surface area contributed by atoms with Gasteiger partial charge in [0.1, 0.15) is 5.75 Å². The fraction of sp³-hybridized carbons (Fsp3) is 0.533. The fourth-order valence-electron chi connectivity index (χ4n) is 2.09. The Morgan fingerprint density at radius 2 is 2.20 bits per heavy atom. The van der Waals surface area contributed by atoms with Crippen molar-refractivity contribution in [3.8, 4) is 5.75 Å². The predicted molar refractivity (Wildman–Crippen MR) is 81.0 cm³/mol. The Morgan fingerprint density at radius 1 is 1.45 bits per heavy atom. The highest BCUT2D eigenvalue weighted by atomic mass is 32.2. The van der Waals surface area contributed by atoms with E-state index in [2.05, 4.69) is 0 Å². The molecule has 0 aromatic heterocycles. The van der Waals surface area contributed by atoms with Gasteiger partial charge in [0.15, 0.2) is 0 Å². The summed E-state index contributed by atoms with van der Waals surface area (Å²) in [4.78, 5) is 12.4. The molecule has 5 heteroatoms. The van der Waals surface area contributed by atoms with Crippen molar-refractivity contribution in [2.75, 3.05) is 25.2 Å². The summed E-state index contributed by atoms with van der Waals surface area (Å²) in [5.74, 6) is 1.50. The third kappa shape index (κ3) is 3.60. The van der Waals surface area contributed by atoms with Crippen LogP contribution in [0.4, 0.5) is 5.69 Å². The van der Waals surface area contributed by atoms with E-state index >= 15 is 0 Å². The Labute approximate surface area is 124 Å². The minimum atomic E-state index is -0.126. The molecule has 0 saturated heterocycles. The molecule has 1 aromatic rings. The first-order valence-corrected chi connectivity index (χ1v) is 7.80. The number of carbonyl (C=O) groups excluding carboxylic acids is 1. The maximum absolute atomic E-state index is 11.4. The van der Waals surface area contributed by atoms with Gasteiger partial charge in [0.2, 0.25) is 0 Å². The minimum Gasteiger partial charge on any atom is -0.492 e. The van der Waals surface area contributed by atoms with Crippen molar-refractivity contribution in [2.45, 2.75) is 31.1 Å². The van der Waals surface area contributed by atoms with Crippen molar-refractivity contribution < 1.29 is 14.3 Å². The first-order valence-electron chi connectivity index (χ1n) is 6.81. The molecule has 20 heavy (non-hydrogen) atoms. The molecule has 1 saturated carbocycles.